The molecule has 0 N–H and O–H groups in total. The van der Waals surface area contributed by atoms with Crippen LogP contribution in [0.15, 0.2) is 48.5 Å². The summed E-state index contributed by atoms with van der Waals surface area (Å²) in [7, 11) is 3.36. The highest BCUT2D eigenvalue weighted by atomic mass is 16.5. The molecule has 0 saturated heterocycles. The molecule has 0 fully saturated rings. The summed E-state index contributed by atoms with van der Waals surface area (Å²) in [5.41, 5.74) is 2.56. The van der Waals surface area contributed by atoms with Crippen LogP contribution in [0, 0.1) is 0 Å². The molecule has 0 aromatic heterocycles. The molecule has 0 aliphatic carbocycles. The maximum absolute atomic E-state index is 5.17. The van der Waals surface area contributed by atoms with E-state index in [0.29, 0.717) is 5.92 Å². The van der Waals surface area contributed by atoms with Crippen LogP contribution in [0.3, 0.4) is 0 Å². The molecule has 2 aromatic carbocycles. The lowest BCUT2D eigenvalue weighted by Crippen LogP contribution is -1.96. The van der Waals surface area contributed by atoms with E-state index in [1.165, 1.54) is 17.5 Å². The molecular formula is C19H26O2. The van der Waals surface area contributed by atoms with Gasteiger partial charge < -0.3 is 9.47 Å². The first-order chi connectivity index (χ1) is 10.2. The summed E-state index contributed by atoms with van der Waals surface area (Å²) < 4.78 is 10.3. The van der Waals surface area contributed by atoms with Gasteiger partial charge in [0.1, 0.15) is 11.5 Å². The lowest BCUT2D eigenvalue weighted by atomic mass is 9.93. The van der Waals surface area contributed by atoms with Gasteiger partial charge in [0, 0.05) is 5.92 Å². The zero-order valence-electron chi connectivity index (χ0n) is 13.7. The van der Waals surface area contributed by atoms with E-state index in [4.69, 9.17) is 9.47 Å². The summed E-state index contributed by atoms with van der Waals surface area (Å²) >= 11 is 0. The van der Waals surface area contributed by atoms with Crippen LogP contribution in [-0.2, 0) is 0 Å². The summed E-state index contributed by atoms with van der Waals surface area (Å²) in [5, 5.41) is 0. The van der Waals surface area contributed by atoms with E-state index in [1.807, 2.05) is 24.3 Å². The minimum Gasteiger partial charge on any atom is -0.497 e. The number of methoxy groups -OCH3 is 2. The molecule has 0 saturated carbocycles. The molecule has 0 bridgehead atoms. The second-order valence-corrected chi connectivity index (χ2v) is 4.98. The Labute approximate surface area is 128 Å². The average molecular weight is 286 g/mol. The summed E-state index contributed by atoms with van der Waals surface area (Å²) in [4.78, 5) is 0. The van der Waals surface area contributed by atoms with Crippen LogP contribution in [0.5, 0.6) is 11.5 Å². The van der Waals surface area contributed by atoms with Crippen molar-refractivity contribution in [3.8, 4) is 11.5 Å². The van der Waals surface area contributed by atoms with Crippen molar-refractivity contribution >= 4 is 0 Å². The van der Waals surface area contributed by atoms with Gasteiger partial charge in [0.25, 0.3) is 0 Å². The molecule has 0 aliphatic heterocycles. The topological polar surface area (TPSA) is 18.5 Å². The fourth-order valence-corrected chi connectivity index (χ4v) is 1.98. The molecule has 21 heavy (non-hydrogen) atoms. The molecule has 0 heterocycles. The normalized spacial score (nSPS) is 9.81. The molecule has 2 heteroatoms. The molecular weight excluding hydrogens is 260 g/mol. The predicted octanol–water partition coefficient (Wildman–Crippen LogP) is 5.27. The van der Waals surface area contributed by atoms with E-state index >= 15 is 0 Å². The molecule has 0 radical (unpaired) electrons. The van der Waals surface area contributed by atoms with Gasteiger partial charge in [-0.15, -0.1) is 0 Å². The Morgan fingerprint density at radius 1 is 0.714 bits per heavy atom. The third kappa shape index (κ3) is 5.14. The fourth-order valence-electron chi connectivity index (χ4n) is 1.98. The Bertz CT molecular complexity index is 453. The highest BCUT2D eigenvalue weighted by Gasteiger charge is 2.08. The predicted molar refractivity (Wildman–Crippen MR) is 89.5 cm³/mol. The van der Waals surface area contributed by atoms with Crippen LogP contribution in [-0.4, -0.2) is 14.2 Å². The average Bonchev–Trinajstić information content (AvgIpc) is 2.55. The van der Waals surface area contributed by atoms with E-state index < -0.39 is 0 Å². The standard InChI is InChI=1S/C16H18O2.C3H8/c1-12(13-4-8-15(17-2)9-5-13)14-6-10-16(18-3)11-7-14;1-3-2/h4-12H,1-3H3;3H2,1-2H3. The van der Waals surface area contributed by atoms with Gasteiger partial charge in [-0.1, -0.05) is 51.5 Å². The van der Waals surface area contributed by atoms with Gasteiger partial charge in [-0.2, -0.15) is 0 Å². The van der Waals surface area contributed by atoms with Crippen LogP contribution < -0.4 is 9.47 Å². The lowest BCUT2D eigenvalue weighted by molar-refractivity contribution is 0.414. The maximum atomic E-state index is 5.17. The molecule has 2 nitrogen and oxygen atoms in total. The van der Waals surface area contributed by atoms with Crippen LogP contribution in [0.1, 0.15) is 44.2 Å². The van der Waals surface area contributed by atoms with Crippen molar-refractivity contribution in [2.45, 2.75) is 33.1 Å². The van der Waals surface area contributed by atoms with Crippen molar-refractivity contribution < 1.29 is 9.47 Å². The van der Waals surface area contributed by atoms with E-state index in [0.717, 1.165) is 11.5 Å². The highest BCUT2D eigenvalue weighted by Crippen LogP contribution is 2.27. The maximum Gasteiger partial charge on any atom is 0.118 e. The first-order valence-corrected chi connectivity index (χ1v) is 7.44. The first kappa shape index (κ1) is 17.1. The molecule has 0 amide bonds. The summed E-state index contributed by atoms with van der Waals surface area (Å²) in [5.74, 6) is 2.14. The van der Waals surface area contributed by atoms with Crippen molar-refractivity contribution in [1.82, 2.24) is 0 Å². The quantitative estimate of drug-likeness (QED) is 0.762. The van der Waals surface area contributed by atoms with Gasteiger partial charge in [-0.3, -0.25) is 0 Å². The minimum absolute atomic E-state index is 0.363. The van der Waals surface area contributed by atoms with E-state index in [9.17, 15) is 0 Å². The first-order valence-electron chi connectivity index (χ1n) is 7.44. The number of rotatable bonds is 4. The second kappa shape index (κ2) is 9.06. The smallest absolute Gasteiger partial charge is 0.118 e. The van der Waals surface area contributed by atoms with E-state index in [-0.39, 0.29) is 0 Å². The molecule has 0 atom stereocenters. The van der Waals surface area contributed by atoms with Crippen molar-refractivity contribution in [3.63, 3.8) is 0 Å². The lowest BCUT2D eigenvalue weighted by Gasteiger charge is -2.13. The molecule has 2 aromatic rings. The number of hydrogen-bond acceptors (Lipinski definition) is 2. The third-order valence-electron chi connectivity index (χ3n) is 3.23. The Hall–Kier alpha value is -1.96. The second-order valence-electron chi connectivity index (χ2n) is 4.98. The van der Waals surface area contributed by atoms with Crippen molar-refractivity contribution in [1.29, 1.82) is 0 Å². The van der Waals surface area contributed by atoms with Gasteiger partial charge in [-0.25, -0.2) is 0 Å². The molecule has 0 spiro atoms. The Morgan fingerprint density at radius 3 is 1.24 bits per heavy atom. The fraction of sp³-hybridized carbons (Fsp3) is 0.368. The minimum atomic E-state index is 0.363. The molecule has 114 valence electrons. The zero-order valence-corrected chi connectivity index (χ0v) is 13.7. The van der Waals surface area contributed by atoms with Crippen molar-refractivity contribution in [2.24, 2.45) is 0 Å². The monoisotopic (exact) mass is 286 g/mol. The van der Waals surface area contributed by atoms with Gasteiger partial charge >= 0.3 is 0 Å². The summed E-state index contributed by atoms with van der Waals surface area (Å²) in [6, 6.07) is 16.4. The van der Waals surface area contributed by atoms with Gasteiger partial charge in [-0.05, 0) is 35.4 Å². The molecule has 0 aliphatic rings. The largest absolute Gasteiger partial charge is 0.497 e. The molecule has 2 rings (SSSR count). The highest BCUT2D eigenvalue weighted by molar-refractivity contribution is 5.37. The van der Waals surface area contributed by atoms with Crippen LogP contribution in [0.4, 0.5) is 0 Å². The summed E-state index contributed by atoms with van der Waals surface area (Å²) in [6.07, 6.45) is 1.25. The Balaban J connectivity index is 0.000000677. The van der Waals surface area contributed by atoms with Crippen molar-refractivity contribution in [2.75, 3.05) is 14.2 Å². The van der Waals surface area contributed by atoms with Gasteiger partial charge in [0.15, 0.2) is 0 Å². The zero-order chi connectivity index (χ0) is 15.7. The van der Waals surface area contributed by atoms with Gasteiger partial charge in [0.05, 0.1) is 14.2 Å². The summed E-state index contributed by atoms with van der Waals surface area (Å²) in [6.45, 7) is 6.45. The number of benzene rings is 2. The number of hydrogen-bond donors (Lipinski definition) is 0. The van der Waals surface area contributed by atoms with Gasteiger partial charge in [0.2, 0.25) is 0 Å². The Kier molecular flexibility index (Phi) is 7.38. The number of ether oxygens (including phenoxy) is 2. The SMILES string of the molecule is CCC.COc1ccc(C(C)c2ccc(OC)cc2)cc1. The van der Waals surface area contributed by atoms with Crippen LogP contribution in [0.2, 0.25) is 0 Å². The van der Waals surface area contributed by atoms with Crippen molar-refractivity contribution in [3.05, 3.63) is 59.7 Å². The molecule has 0 unspecified atom stereocenters. The Morgan fingerprint density at radius 2 is 1.00 bits per heavy atom. The van der Waals surface area contributed by atoms with E-state index in [1.54, 1.807) is 14.2 Å². The third-order valence-corrected chi connectivity index (χ3v) is 3.23. The van der Waals surface area contributed by atoms with Crippen LogP contribution in [0.25, 0.3) is 0 Å². The van der Waals surface area contributed by atoms with Crippen LogP contribution >= 0.6 is 0 Å². The van der Waals surface area contributed by atoms with E-state index in [2.05, 4.69) is 45.0 Å².